The molecule has 0 spiro atoms. The van der Waals surface area contributed by atoms with Crippen molar-refractivity contribution in [3.8, 4) is 0 Å². The molecule has 0 aromatic carbocycles. The summed E-state index contributed by atoms with van der Waals surface area (Å²) in [7, 11) is 0. The van der Waals surface area contributed by atoms with Crippen LogP contribution in [0.5, 0.6) is 0 Å². The average Bonchev–Trinajstić information content (AvgIpc) is 2.16. The van der Waals surface area contributed by atoms with Crippen LogP contribution in [-0.4, -0.2) is 4.98 Å². The first kappa shape index (κ1) is 9.24. The van der Waals surface area contributed by atoms with Crippen LogP contribution in [0.3, 0.4) is 0 Å². The summed E-state index contributed by atoms with van der Waals surface area (Å²) < 4.78 is 0. The molecular weight excluding hydrogens is 146 g/mol. The van der Waals surface area contributed by atoms with Crippen molar-refractivity contribution in [1.82, 2.24) is 4.98 Å². The molecule has 1 rings (SSSR count). The average molecular weight is 163 g/mol. The minimum atomic E-state index is 0.826. The fourth-order valence-corrected chi connectivity index (χ4v) is 1.14. The van der Waals surface area contributed by atoms with Crippen molar-refractivity contribution in [3.63, 3.8) is 0 Å². The highest BCUT2D eigenvalue weighted by Gasteiger charge is 1.99. The number of aromatic nitrogens is 1. The smallest absolute Gasteiger partial charge is 0.0403 e. The molecule has 1 atom stereocenters. The minimum Gasteiger partial charge on any atom is -0.261 e. The van der Waals surface area contributed by atoms with Crippen LogP contribution in [0.2, 0.25) is 0 Å². The number of pyridine rings is 1. The standard InChI is InChI=1S/C11H17N/c1-3-10(2)7-8-11-6-4-5-9-12-11/h4-6,9-10H,3,7-8H2,1-2H3/t10-/m1/s1. The molecule has 12 heavy (non-hydrogen) atoms. The number of rotatable bonds is 4. The lowest BCUT2D eigenvalue weighted by Crippen LogP contribution is -1.96. The number of hydrogen-bond donors (Lipinski definition) is 0. The van der Waals surface area contributed by atoms with E-state index < -0.39 is 0 Å². The van der Waals surface area contributed by atoms with Gasteiger partial charge in [-0.1, -0.05) is 26.3 Å². The van der Waals surface area contributed by atoms with Gasteiger partial charge in [0.2, 0.25) is 0 Å². The Morgan fingerprint density at radius 2 is 2.25 bits per heavy atom. The van der Waals surface area contributed by atoms with Gasteiger partial charge in [0.05, 0.1) is 0 Å². The summed E-state index contributed by atoms with van der Waals surface area (Å²) in [4.78, 5) is 4.28. The van der Waals surface area contributed by atoms with Crippen LogP contribution in [0.1, 0.15) is 32.4 Å². The molecule has 0 fully saturated rings. The molecule has 0 aliphatic rings. The second-order valence-corrected chi connectivity index (χ2v) is 3.37. The van der Waals surface area contributed by atoms with Gasteiger partial charge in [0.15, 0.2) is 0 Å². The zero-order valence-corrected chi connectivity index (χ0v) is 7.96. The first-order valence-electron chi connectivity index (χ1n) is 4.72. The molecule has 0 saturated heterocycles. The maximum Gasteiger partial charge on any atom is 0.0403 e. The van der Waals surface area contributed by atoms with Crippen molar-refractivity contribution < 1.29 is 0 Å². The Morgan fingerprint density at radius 3 is 2.83 bits per heavy atom. The lowest BCUT2D eigenvalue weighted by molar-refractivity contribution is 0.513. The van der Waals surface area contributed by atoms with E-state index in [0.29, 0.717) is 0 Å². The Bertz CT molecular complexity index is 206. The first-order valence-corrected chi connectivity index (χ1v) is 4.72. The Kier molecular flexibility index (Phi) is 3.78. The Labute approximate surface area is 74.8 Å². The van der Waals surface area contributed by atoms with E-state index in [1.807, 2.05) is 12.3 Å². The monoisotopic (exact) mass is 163 g/mol. The molecule has 1 heteroatoms. The predicted octanol–water partition coefficient (Wildman–Crippen LogP) is 3.06. The van der Waals surface area contributed by atoms with E-state index in [1.54, 1.807) is 0 Å². The molecule has 1 aromatic rings. The summed E-state index contributed by atoms with van der Waals surface area (Å²) in [6.07, 6.45) is 5.52. The zero-order chi connectivity index (χ0) is 8.81. The summed E-state index contributed by atoms with van der Waals surface area (Å²) in [6, 6.07) is 6.12. The van der Waals surface area contributed by atoms with E-state index in [4.69, 9.17) is 0 Å². The van der Waals surface area contributed by atoms with Crippen LogP contribution >= 0.6 is 0 Å². The Hall–Kier alpha value is -0.850. The summed E-state index contributed by atoms with van der Waals surface area (Å²) in [5.74, 6) is 0.826. The van der Waals surface area contributed by atoms with Crippen LogP contribution in [0.15, 0.2) is 24.4 Å². The maximum atomic E-state index is 4.28. The largest absolute Gasteiger partial charge is 0.261 e. The fourth-order valence-electron chi connectivity index (χ4n) is 1.14. The van der Waals surface area contributed by atoms with E-state index in [2.05, 4.69) is 31.0 Å². The fraction of sp³-hybridized carbons (Fsp3) is 0.545. The van der Waals surface area contributed by atoms with E-state index in [0.717, 1.165) is 12.3 Å². The van der Waals surface area contributed by atoms with Crippen molar-refractivity contribution in [2.24, 2.45) is 5.92 Å². The summed E-state index contributed by atoms with van der Waals surface area (Å²) >= 11 is 0. The van der Waals surface area contributed by atoms with Gasteiger partial charge in [-0.15, -0.1) is 0 Å². The number of nitrogens with zero attached hydrogens (tertiary/aromatic N) is 1. The molecule has 0 saturated carbocycles. The number of aryl methyl sites for hydroxylation is 1. The third kappa shape index (κ3) is 3.04. The third-order valence-corrected chi connectivity index (χ3v) is 2.32. The van der Waals surface area contributed by atoms with Gasteiger partial charge < -0.3 is 0 Å². The zero-order valence-electron chi connectivity index (χ0n) is 7.96. The van der Waals surface area contributed by atoms with Gasteiger partial charge in [-0.05, 0) is 30.9 Å². The van der Waals surface area contributed by atoms with Gasteiger partial charge in [0, 0.05) is 11.9 Å². The van der Waals surface area contributed by atoms with Gasteiger partial charge in [-0.2, -0.15) is 0 Å². The molecule has 1 heterocycles. The highest BCUT2D eigenvalue weighted by Crippen LogP contribution is 2.09. The van der Waals surface area contributed by atoms with E-state index in [9.17, 15) is 0 Å². The molecule has 0 radical (unpaired) electrons. The Balaban J connectivity index is 2.33. The summed E-state index contributed by atoms with van der Waals surface area (Å²) in [6.45, 7) is 4.53. The summed E-state index contributed by atoms with van der Waals surface area (Å²) in [5.41, 5.74) is 1.22. The highest BCUT2D eigenvalue weighted by atomic mass is 14.7. The van der Waals surface area contributed by atoms with E-state index >= 15 is 0 Å². The molecule has 0 aliphatic carbocycles. The van der Waals surface area contributed by atoms with Crippen molar-refractivity contribution in [1.29, 1.82) is 0 Å². The van der Waals surface area contributed by atoms with Gasteiger partial charge in [-0.3, -0.25) is 4.98 Å². The topological polar surface area (TPSA) is 12.9 Å². The van der Waals surface area contributed by atoms with E-state index in [-0.39, 0.29) is 0 Å². The SMILES string of the molecule is CC[C@@H](C)CCc1ccccn1. The minimum absolute atomic E-state index is 0.826. The molecule has 0 aliphatic heterocycles. The lowest BCUT2D eigenvalue weighted by atomic mass is 10.0. The van der Waals surface area contributed by atoms with E-state index in [1.165, 1.54) is 18.5 Å². The van der Waals surface area contributed by atoms with Gasteiger partial charge in [0.25, 0.3) is 0 Å². The second kappa shape index (κ2) is 4.91. The van der Waals surface area contributed by atoms with Gasteiger partial charge in [-0.25, -0.2) is 0 Å². The molecule has 1 nitrogen and oxygen atoms in total. The molecule has 0 unspecified atom stereocenters. The molecule has 0 amide bonds. The molecule has 66 valence electrons. The highest BCUT2D eigenvalue weighted by molar-refractivity contribution is 5.03. The van der Waals surface area contributed by atoms with Crippen LogP contribution in [0.4, 0.5) is 0 Å². The molecule has 1 aromatic heterocycles. The molecule has 0 bridgehead atoms. The van der Waals surface area contributed by atoms with Gasteiger partial charge in [0.1, 0.15) is 0 Å². The van der Waals surface area contributed by atoms with Crippen molar-refractivity contribution in [2.45, 2.75) is 33.1 Å². The molecular formula is C11H17N. The Morgan fingerprint density at radius 1 is 1.42 bits per heavy atom. The second-order valence-electron chi connectivity index (χ2n) is 3.37. The first-order chi connectivity index (χ1) is 5.83. The lowest BCUT2D eigenvalue weighted by Gasteiger charge is -2.06. The van der Waals surface area contributed by atoms with Crippen LogP contribution < -0.4 is 0 Å². The van der Waals surface area contributed by atoms with Crippen molar-refractivity contribution >= 4 is 0 Å². The van der Waals surface area contributed by atoms with Crippen molar-refractivity contribution in [2.75, 3.05) is 0 Å². The molecule has 0 N–H and O–H groups in total. The normalized spacial score (nSPS) is 12.8. The van der Waals surface area contributed by atoms with Gasteiger partial charge >= 0.3 is 0 Å². The quantitative estimate of drug-likeness (QED) is 0.664. The predicted molar refractivity (Wildman–Crippen MR) is 52.0 cm³/mol. The number of hydrogen-bond acceptors (Lipinski definition) is 1. The van der Waals surface area contributed by atoms with Crippen LogP contribution in [-0.2, 0) is 6.42 Å². The van der Waals surface area contributed by atoms with Crippen LogP contribution in [0.25, 0.3) is 0 Å². The third-order valence-electron chi connectivity index (χ3n) is 2.32. The maximum absolute atomic E-state index is 4.28. The van der Waals surface area contributed by atoms with Crippen molar-refractivity contribution in [3.05, 3.63) is 30.1 Å². The van der Waals surface area contributed by atoms with Crippen LogP contribution in [0, 0.1) is 5.92 Å². The summed E-state index contributed by atoms with van der Waals surface area (Å²) in [5, 5.41) is 0.